The van der Waals surface area contributed by atoms with Gasteiger partial charge in [-0.25, -0.2) is 9.97 Å². The summed E-state index contributed by atoms with van der Waals surface area (Å²) in [5.41, 5.74) is 5.53. The zero-order chi connectivity index (χ0) is 19.1. The summed E-state index contributed by atoms with van der Waals surface area (Å²) in [4.78, 5) is 17.5. The largest absolute Gasteiger partial charge is 0.495 e. The van der Waals surface area contributed by atoms with Gasteiger partial charge in [0.1, 0.15) is 23.1 Å². The highest BCUT2D eigenvalue weighted by molar-refractivity contribution is 6.09. The van der Waals surface area contributed by atoms with E-state index < -0.39 is 0 Å². The van der Waals surface area contributed by atoms with E-state index >= 15 is 0 Å². The van der Waals surface area contributed by atoms with Crippen molar-refractivity contribution in [3.8, 4) is 5.75 Å². The number of aryl methyl sites for hydroxylation is 1. The van der Waals surface area contributed by atoms with Crippen molar-refractivity contribution in [2.24, 2.45) is 0 Å². The van der Waals surface area contributed by atoms with Crippen LogP contribution in [-0.2, 0) is 0 Å². The molecular formula is C22H23N5O. The van der Waals surface area contributed by atoms with Crippen LogP contribution in [-0.4, -0.2) is 48.2 Å². The van der Waals surface area contributed by atoms with Crippen molar-refractivity contribution in [1.82, 2.24) is 15.0 Å². The van der Waals surface area contributed by atoms with E-state index in [2.05, 4.69) is 62.0 Å². The van der Waals surface area contributed by atoms with Crippen LogP contribution in [0.3, 0.4) is 0 Å². The quantitative estimate of drug-likeness (QED) is 0.593. The topological polar surface area (TPSA) is 57.3 Å². The molecule has 6 nitrogen and oxygen atoms in total. The molecule has 1 aliphatic rings. The Hall–Kier alpha value is -3.28. The Morgan fingerprint density at radius 2 is 1.71 bits per heavy atom. The normalized spacial score (nSPS) is 14.8. The van der Waals surface area contributed by atoms with Gasteiger partial charge in [0.15, 0.2) is 5.82 Å². The lowest BCUT2D eigenvalue weighted by atomic mass is 10.1. The summed E-state index contributed by atoms with van der Waals surface area (Å²) in [5.74, 6) is 1.91. The molecule has 0 aliphatic carbocycles. The van der Waals surface area contributed by atoms with Gasteiger partial charge >= 0.3 is 0 Å². The Bertz CT molecular complexity index is 1140. The SMILES string of the molecule is COc1ccccc1N1CCN(c2ncnc3c2[nH]c2cccc(C)c23)CC1. The minimum absolute atomic E-state index is 0.901. The Labute approximate surface area is 163 Å². The second kappa shape index (κ2) is 6.71. The molecule has 3 heterocycles. The van der Waals surface area contributed by atoms with E-state index in [0.717, 1.165) is 60.0 Å². The van der Waals surface area contributed by atoms with Gasteiger partial charge in [0.05, 0.1) is 12.8 Å². The number of rotatable bonds is 3. The van der Waals surface area contributed by atoms with Crippen molar-refractivity contribution in [1.29, 1.82) is 0 Å². The van der Waals surface area contributed by atoms with Gasteiger partial charge in [0.25, 0.3) is 0 Å². The number of anilines is 2. The van der Waals surface area contributed by atoms with E-state index in [-0.39, 0.29) is 0 Å². The molecule has 2 aromatic carbocycles. The van der Waals surface area contributed by atoms with Crippen LogP contribution in [0.2, 0.25) is 0 Å². The average Bonchev–Trinajstić information content (AvgIpc) is 3.14. The van der Waals surface area contributed by atoms with Gasteiger partial charge in [0, 0.05) is 37.1 Å². The zero-order valence-electron chi connectivity index (χ0n) is 16.1. The summed E-state index contributed by atoms with van der Waals surface area (Å²) >= 11 is 0. The van der Waals surface area contributed by atoms with E-state index in [0.29, 0.717) is 0 Å². The Morgan fingerprint density at radius 3 is 2.54 bits per heavy atom. The molecule has 1 saturated heterocycles. The number of nitrogens with one attached hydrogen (secondary N) is 1. The number of aromatic amines is 1. The molecule has 6 heteroatoms. The molecule has 142 valence electrons. The molecule has 0 radical (unpaired) electrons. The summed E-state index contributed by atoms with van der Waals surface area (Å²) in [6.45, 7) is 5.77. The molecule has 0 unspecified atom stereocenters. The van der Waals surface area contributed by atoms with Crippen molar-refractivity contribution >= 4 is 33.4 Å². The standard InChI is InChI=1S/C22H23N5O/c1-15-6-5-7-16-19(15)20-21(25-16)22(24-14-23-20)27-12-10-26(11-13-27)17-8-3-4-9-18(17)28-2/h3-9,14,25H,10-13H2,1-2H3. The van der Waals surface area contributed by atoms with Crippen LogP contribution in [0.5, 0.6) is 5.75 Å². The Kier molecular flexibility index (Phi) is 4.04. The number of methoxy groups -OCH3 is 1. The molecule has 0 atom stereocenters. The predicted molar refractivity (Wildman–Crippen MR) is 114 cm³/mol. The lowest BCUT2D eigenvalue weighted by Gasteiger charge is -2.37. The van der Waals surface area contributed by atoms with E-state index in [1.165, 1.54) is 10.9 Å². The van der Waals surface area contributed by atoms with E-state index in [1.54, 1.807) is 13.4 Å². The molecule has 28 heavy (non-hydrogen) atoms. The second-order valence-electron chi connectivity index (χ2n) is 7.19. The number of ether oxygens (including phenoxy) is 1. The summed E-state index contributed by atoms with van der Waals surface area (Å²) < 4.78 is 5.53. The Morgan fingerprint density at radius 1 is 0.929 bits per heavy atom. The first-order valence-electron chi connectivity index (χ1n) is 9.61. The van der Waals surface area contributed by atoms with Gasteiger partial charge in [-0.1, -0.05) is 24.3 Å². The van der Waals surface area contributed by atoms with Crippen LogP contribution in [0.1, 0.15) is 5.56 Å². The van der Waals surface area contributed by atoms with Gasteiger partial charge in [-0.2, -0.15) is 0 Å². The number of H-pyrrole nitrogens is 1. The fourth-order valence-corrected chi connectivity index (χ4v) is 4.19. The number of hydrogen-bond acceptors (Lipinski definition) is 5. The van der Waals surface area contributed by atoms with Crippen molar-refractivity contribution in [3.05, 3.63) is 54.4 Å². The maximum Gasteiger partial charge on any atom is 0.156 e. The lowest BCUT2D eigenvalue weighted by molar-refractivity contribution is 0.413. The number of fused-ring (bicyclic) bond motifs is 3. The fraction of sp³-hybridized carbons (Fsp3) is 0.273. The third kappa shape index (κ3) is 2.64. The third-order valence-electron chi connectivity index (χ3n) is 5.60. The molecule has 0 saturated carbocycles. The van der Waals surface area contributed by atoms with Crippen LogP contribution in [0.15, 0.2) is 48.8 Å². The molecule has 4 aromatic rings. The van der Waals surface area contributed by atoms with Crippen LogP contribution in [0, 0.1) is 6.92 Å². The van der Waals surface area contributed by atoms with Crippen molar-refractivity contribution in [3.63, 3.8) is 0 Å². The minimum atomic E-state index is 0.901. The van der Waals surface area contributed by atoms with Crippen LogP contribution in [0.4, 0.5) is 11.5 Å². The summed E-state index contributed by atoms with van der Waals surface area (Å²) in [6.07, 6.45) is 1.68. The molecule has 5 rings (SSSR count). The number of hydrogen-bond donors (Lipinski definition) is 1. The smallest absolute Gasteiger partial charge is 0.156 e. The Balaban J connectivity index is 1.46. The van der Waals surface area contributed by atoms with Gasteiger partial charge in [-0.3, -0.25) is 0 Å². The van der Waals surface area contributed by atoms with Gasteiger partial charge in [-0.05, 0) is 30.7 Å². The summed E-state index contributed by atoms with van der Waals surface area (Å²) in [6, 6.07) is 14.5. The molecule has 1 N–H and O–H groups in total. The van der Waals surface area contributed by atoms with Crippen molar-refractivity contribution < 1.29 is 4.74 Å². The van der Waals surface area contributed by atoms with Crippen LogP contribution in [0.25, 0.3) is 21.9 Å². The van der Waals surface area contributed by atoms with E-state index in [1.807, 2.05) is 12.1 Å². The first-order valence-corrected chi connectivity index (χ1v) is 9.61. The molecular weight excluding hydrogens is 350 g/mol. The fourth-order valence-electron chi connectivity index (χ4n) is 4.19. The first-order chi connectivity index (χ1) is 13.8. The van der Waals surface area contributed by atoms with Crippen molar-refractivity contribution in [2.75, 3.05) is 43.1 Å². The monoisotopic (exact) mass is 373 g/mol. The zero-order valence-corrected chi connectivity index (χ0v) is 16.1. The number of aromatic nitrogens is 3. The van der Waals surface area contributed by atoms with E-state index in [4.69, 9.17) is 4.74 Å². The third-order valence-corrected chi connectivity index (χ3v) is 5.60. The second-order valence-corrected chi connectivity index (χ2v) is 7.19. The minimum Gasteiger partial charge on any atom is -0.495 e. The van der Waals surface area contributed by atoms with Gasteiger partial charge in [-0.15, -0.1) is 0 Å². The molecule has 0 spiro atoms. The van der Waals surface area contributed by atoms with Crippen molar-refractivity contribution in [2.45, 2.75) is 6.92 Å². The highest BCUT2D eigenvalue weighted by atomic mass is 16.5. The molecule has 0 bridgehead atoms. The predicted octanol–water partition coefficient (Wildman–Crippen LogP) is 3.75. The summed E-state index contributed by atoms with van der Waals surface area (Å²) in [7, 11) is 1.73. The average molecular weight is 373 g/mol. The van der Waals surface area contributed by atoms with Gasteiger partial charge < -0.3 is 19.5 Å². The highest BCUT2D eigenvalue weighted by Gasteiger charge is 2.23. The van der Waals surface area contributed by atoms with Crippen LogP contribution >= 0.6 is 0 Å². The first kappa shape index (κ1) is 16.9. The van der Waals surface area contributed by atoms with E-state index in [9.17, 15) is 0 Å². The molecule has 1 fully saturated rings. The number of nitrogens with zero attached hydrogens (tertiary/aromatic N) is 4. The van der Waals surface area contributed by atoms with Crippen LogP contribution < -0.4 is 14.5 Å². The number of para-hydroxylation sites is 2. The number of benzene rings is 2. The van der Waals surface area contributed by atoms with Gasteiger partial charge in [0.2, 0.25) is 0 Å². The maximum absolute atomic E-state index is 5.53. The highest BCUT2D eigenvalue weighted by Crippen LogP contribution is 2.33. The lowest BCUT2D eigenvalue weighted by Crippen LogP contribution is -2.47. The summed E-state index contributed by atoms with van der Waals surface area (Å²) in [5, 5.41) is 1.19. The molecule has 0 amide bonds. The molecule has 2 aromatic heterocycles. The molecule has 1 aliphatic heterocycles. The number of piperazine rings is 1. The maximum atomic E-state index is 5.53.